The predicted octanol–water partition coefficient (Wildman–Crippen LogP) is 2.32. The van der Waals surface area contributed by atoms with Crippen molar-refractivity contribution >= 4 is 5.97 Å². The van der Waals surface area contributed by atoms with E-state index >= 15 is 0 Å². The number of rotatable bonds is 6. The quantitative estimate of drug-likeness (QED) is 0.419. The molecule has 86 valence electrons. The van der Waals surface area contributed by atoms with Crippen LogP contribution >= 0.6 is 0 Å². The molecule has 0 amide bonds. The topological polar surface area (TPSA) is 35.5 Å². The van der Waals surface area contributed by atoms with Gasteiger partial charge in [-0.1, -0.05) is 36.4 Å². The summed E-state index contributed by atoms with van der Waals surface area (Å²) in [7, 11) is 0. The molecule has 1 aromatic carbocycles. The number of ether oxygens (including phenoxy) is 2. The van der Waals surface area contributed by atoms with Gasteiger partial charge in [0, 0.05) is 6.92 Å². The Morgan fingerprint density at radius 2 is 1.88 bits per heavy atom. The molecule has 0 atom stereocenters. The van der Waals surface area contributed by atoms with Gasteiger partial charge in [0.25, 0.3) is 0 Å². The highest BCUT2D eigenvalue weighted by molar-refractivity contribution is 5.65. The lowest BCUT2D eigenvalue weighted by Gasteiger charge is -2.00. The minimum absolute atomic E-state index is 0.269. The Balaban J connectivity index is 2.06. The van der Waals surface area contributed by atoms with Crippen molar-refractivity contribution in [1.29, 1.82) is 0 Å². The van der Waals surface area contributed by atoms with Crippen LogP contribution in [0, 0.1) is 0 Å². The van der Waals surface area contributed by atoms with Gasteiger partial charge in [-0.3, -0.25) is 4.79 Å². The minimum atomic E-state index is -0.269. The summed E-state index contributed by atoms with van der Waals surface area (Å²) in [4.78, 5) is 10.4. The zero-order valence-electron chi connectivity index (χ0n) is 9.39. The molecule has 3 nitrogen and oxygen atoms in total. The lowest BCUT2D eigenvalue weighted by molar-refractivity contribution is -0.139. The summed E-state index contributed by atoms with van der Waals surface area (Å²) in [5.41, 5.74) is 1.15. The molecule has 16 heavy (non-hydrogen) atoms. The van der Waals surface area contributed by atoms with Gasteiger partial charge in [-0.25, -0.2) is 0 Å². The number of carbonyl (C=O) groups excluding carboxylic acids is 1. The molecule has 0 aliphatic carbocycles. The maximum Gasteiger partial charge on any atom is 0.302 e. The maximum absolute atomic E-state index is 10.4. The zero-order valence-corrected chi connectivity index (χ0v) is 9.39. The van der Waals surface area contributed by atoms with Gasteiger partial charge in [-0.05, 0) is 11.6 Å². The molecule has 0 aromatic heterocycles. The second-order valence-corrected chi connectivity index (χ2v) is 3.27. The van der Waals surface area contributed by atoms with Crippen LogP contribution in [0.15, 0.2) is 42.5 Å². The van der Waals surface area contributed by atoms with E-state index in [1.165, 1.54) is 6.92 Å². The van der Waals surface area contributed by atoms with Gasteiger partial charge in [0.05, 0.1) is 13.2 Å². The van der Waals surface area contributed by atoms with E-state index in [1.54, 1.807) is 6.08 Å². The molecule has 0 aliphatic rings. The SMILES string of the molecule is CC(=O)OCC=CCOCc1ccccc1. The van der Waals surface area contributed by atoms with E-state index in [-0.39, 0.29) is 5.97 Å². The van der Waals surface area contributed by atoms with Crippen molar-refractivity contribution in [3.05, 3.63) is 48.0 Å². The molecule has 0 fully saturated rings. The summed E-state index contributed by atoms with van der Waals surface area (Å²) < 4.78 is 10.1. The second kappa shape index (κ2) is 7.65. The molecule has 0 heterocycles. The van der Waals surface area contributed by atoms with E-state index in [0.29, 0.717) is 19.8 Å². The molecule has 0 aliphatic heterocycles. The van der Waals surface area contributed by atoms with Crippen molar-refractivity contribution in [3.8, 4) is 0 Å². The second-order valence-electron chi connectivity index (χ2n) is 3.27. The lowest BCUT2D eigenvalue weighted by atomic mass is 10.2. The van der Waals surface area contributed by atoms with Crippen molar-refractivity contribution in [3.63, 3.8) is 0 Å². The lowest BCUT2D eigenvalue weighted by Crippen LogP contribution is -1.98. The fourth-order valence-corrected chi connectivity index (χ4v) is 1.12. The Morgan fingerprint density at radius 1 is 1.19 bits per heavy atom. The highest BCUT2D eigenvalue weighted by Crippen LogP contribution is 1.99. The van der Waals surface area contributed by atoms with E-state index in [4.69, 9.17) is 9.47 Å². The Kier molecular flexibility index (Phi) is 5.96. The molecule has 0 radical (unpaired) electrons. The molecule has 0 saturated carbocycles. The third-order valence-corrected chi connectivity index (χ3v) is 1.88. The molecule has 1 rings (SSSR count). The van der Waals surface area contributed by atoms with Crippen LogP contribution in [0.25, 0.3) is 0 Å². The van der Waals surface area contributed by atoms with E-state index in [2.05, 4.69) is 0 Å². The molecule has 3 heteroatoms. The average molecular weight is 220 g/mol. The van der Waals surface area contributed by atoms with Crippen LogP contribution in [0.5, 0.6) is 0 Å². The molecular weight excluding hydrogens is 204 g/mol. The third-order valence-electron chi connectivity index (χ3n) is 1.88. The van der Waals surface area contributed by atoms with Gasteiger partial charge in [-0.15, -0.1) is 0 Å². The van der Waals surface area contributed by atoms with Gasteiger partial charge in [0.15, 0.2) is 0 Å². The Labute approximate surface area is 95.7 Å². The smallest absolute Gasteiger partial charge is 0.302 e. The fraction of sp³-hybridized carbons (Fsp3) is 0.308. The van der Waals surface area contributed by atoms with Crippen LogP contribution in [0.3, 0.4) is 0 Å². The van der Waals surface area contributed by atoms with Crippen molar-refractivity contribution in [2.24, 2.45) is 0 Å². The molecule has 0 unspecified atom stereocenters. The number of esters is 1. The maximum atomic E-state index is 10.4. The molecule has 1 aromatic rings. The Hall–Kier alpha value is -1.61. The first kappa shape index (κ1) is 12.5. The minimum Gasteiger partial charge on any atom is -0.462 e. The van der Waals surface area contributed by atoms with E-state index in [1.807, 2.05) is 36.4 Å². The summed E-state index contributed by atoms with van der Waals surface area (Å²) in [6, 6.07) is 9.97. The predicted molar refractivity (Wildman–Crippen MR) is 61.9 cm³/mol. The summed E-state index contributed by atoms with van der Waals surface area (Å²) in [6.45, 7) is 2.82. The number of hydrogen-bond donors (Lipinski definition) is 0. The fourth-order valence-electron chi connectivity index (χ4n) is 1.12. The van der Waals surface area contributed by atoms with Gasteiger partial charge in [0.2, 0.25) is 0 Å². The summed E-state index contributed by atoms with van der Waals surface area (Å²) in [5.74, 6) is -0.269. The first-order chi connectivity index (χ1) is 7.79. The van der Waals surface area contributed by atoms with E-state index < -0.39 is 0 Å². The van der Waals surface area contributed by atoms with Gasteiger partial charge >= 0.3 is 5.97 Å². The van der Waals surface area contributed by atoms with Gasteiger partial charge in [-0.2, -0.15) is 0 Å². The van der Waals surface area contributed by atoms with Crippen LogP contribution in [0.2, 0.25) is 0 Å². The van der Waals surface area contributed by atoms with Crippen molar-refractivity contribution in [2.75, 3.05) is 13.2 Å². The number of carbonyl (C=O) groups is 1. The van der Waals surface area contributed by atoms with Crippen LogP contribution in [0.4, 0.5) is 0 Å². The van der Waals surface area contributed by atoms with E-state index in [9.17, 15) is 4.79 Å². The highest BCUT2D eigenvalue weighted by atomic mass is 16.5. The van der Waals surface area contributed by atoms with Gasteiger partial charge < -0.3 is 9.47 Å². The molecule has 0 spiro atoms. The molecule has 0 bridgehead atoms. The highest BCUT2D eigenvalue weighted by Gasteiger charge is 1.89. The van der Waals surface area contributed by atoms with Gasteiger partial charge in [0.1, 0.15) is 6.61 Å². The van der Waals surface area contributed by atoms with E-state index in [0.717, 1.165) is 5.56 Å². The van der Waals surface area contributed by atoms with Crippen molar-refractivity contribution in [1.82, 2.24) is 0 Å². The third kappa shape index (κ3) is 5.98. The summed E-state index contributed by atoms with van der Waals surface area (Å²) >= 11 is 0. The average Bonchev–Trinajstić information content (AvgIpc) is 2.29. The molecule has 0 saturated heterocycles. The largest absolute Gasteiger partial charge is 0.462 e. The van der Waals surface area contributed by atoms with Crippen LogP contribution in [0.1, 0.15) is 12.5 Å². The molecular formula is C13H16O3. The monoisotopic (exact) mass is 220 g/mol. The zero-order chi connectivity index (χ0) is 11.6. The van der Waals surface area contributed by atoms with Crippen LogP contribution < -0.4 is 0 Å². The first-order valence-corrected chi connectivity index (χ1v) is 5.19. The Bertz CT molecular complexity index is 330. The number of hydrogen-bond acceptors (Lipinski definition) is 3. The number of benzene rings is 1. The first-order valence-electron chi connectivity index (χ1n) is 5.19. The normalized spacial score (nSPS) is 10.6. The standard InChI is InChI=1S/C13H16O3/c1-12(14)16-10-6-5-9-15-11-13-7-3-2-4-8-13/h2-8H,9-11H2,1H3. The van der Waals surface area contributed by atoms with Crippen LogP contribution in [-0.4, -0.2) is 19.2 Å². The summed E-state index contributed by atoms with van der Waals surface area (Å²) in [6.07, 6.45) is 3.61. The van der Waals surface area contributed by atoms with Crippen molar-refractivity contribution < 1.29 is 14.3 Å². The van der Waals surface area contributed by atoms with Crippen molar-refractivity contribution in [2.45, 2.75) is 13.5 Å². The van der Waals surface area contributed by atoms with Crippen LogP contribution in [-0.2, 0) is 20.9 Å². The molecule has 0 N–H and O–H groups in total. The summed E-state index contributed by atoms with van der Waals surface area (Å²) in [5, 5.41) is 0. The Morgan fingerprint density at radius 3 is 2.56 bits per heavy atom.